The first-order valence-corrected chi connectivity index (χ1v) is 11.5. The monoisotopic (exact) mass is 511 g/mol. The van der Waals surface area contributed by atoms with Crippen molar-refractivity contribution in [1.82, 2.24) is 4.90 Å². The number of hydrogen-bond donors (Lipinski definition) is 1. The number of likely N-dealkylation sites (tertiary alicyclic amines) is 1. The van der Waals surface area contributed by atoms with E-state index in [0.717, 1.165) is 17.9 Å². The Kier molecular flexibility index (Phi) is 8.89. The minimum Gasteiger partial charge on any atom is -0.303 e. The SMILES string of the molecule is Cc1ccc(S(=O)(=O)O)cc1.O=CC1CCN(Cc2ccc(C(F)(F)F)cc2C(F)(F)F)CC1. The molecule has 1 saturated heterocycles. The summed E-state index contributed by atoms with van der Waals surface area (Å²) in [6, 6.07) is 7.70. The molecule has 5 nitrogen and oxygen atoms in total. The number of nitrogens with zero attached hydrogens (tertiary/aromatic N) is 1. The maximum absolute atomic E-state index is 13.1. The largest absolute Gasteiger partial charge is 0.416 e. The molecule has 0 spiro atoms. The van der Waals surface area contributed by atoms with Crippen molar-refractivity contribution in [3.8, 4) is 0 Å². The van der Waals surface area contributed by atoms with Gasteiger partial charge in [0.05, 0.1) is 16.0 Å². The highest BCUT2D eigenvalue weighted by atomic mass is 32.2. The molecule has 3 rings (SSSR count). The summed E-state index contributed by atoms with van der Waals surface area (Å²) < 4.78 is 107. The van der Waals surface area contributed by atoms with E-state index in [4.69, 9.17) is 4.55 Å². The van der Waals surface area contributed by atoms with Crippen LogP contribution in [0.4, 0.5) is 26.3 Å². The molecule has 1 fully saturated rings. The van der Waals surface area contributed by atoms with Gasteiger partial charge in [0.15, 0.2) is 0 Å². The highest BCUT2D eigenvalue weighted by Gasteiger charge is 2.38. The Balaban J connectivity index is 0.000000310. The smallest absolute Gasteiger partial charge is 0.303 e. The fourth-order valence-corrected chi connectivity index (χ4v) is 3.83. The molecule has 188 valence electrons. The molecule has 1 N–H and O–H groups in total. The van der Waals surface area contributed by atoms with Crippen molar-refractivity contribution >= 4 is 16.4 Å². The molecule has 1 heterocycles. The minimum atomic E-state index is -4.85. The van der Waals surface area contributed by atoms with E-state index in [1.807, 2.05) is 6.92 Å². The Bertz CT molecular complexity index is 1070. The lowest BCUT2D eigenvalue weighted by molar-refractivity contribution is -0.143. The lowest BCUT2D eigenvalue weighted by Crippen LogP contribution is -2.34. The molecule has 2 aromatic rings. The van der Waals surface area contributed by atoms with Crippen molar-refractivity contribution in [3.05, 3.63) is 64.7 Å². The van der Waals surface area contributed by atoms with Gasteiger partial charge in [-0.15, -0.1) is 0 Å². The maximum Gasteiger partial charge on any atom is 0.416 e. The predicted molar refractivity (Wildman–Crippen MR) is 112 cm³/mol. The molecule has 0 aromatic heterocycles. The van der Waals surface area contributed by atoms with Gasteiger partial charge in [-0.25, -0.2) is 0 Å². The summed E-state index contributed by atoms with van der Waals surface area (Å²) in [5, 5.41) is 0. The average molecular weight is 511 g/mol. The lowest BCUT2D eigenvalue weighted by Gasteiger charge is -2.30. The van der Waals surface area contributed by atoms with Crippen LogP contribution in [0.15, 0.2) is 47.4 Å². The van der Waals surface area contributed by atoms with E-state index < -0.39 is 33.6 Å². The second-order valence-corrected chi connectivity index (χ2v) is 9.33. The zero-order chi connectivity index (χ0) is 25.7. The van der Waals surface area contributed by atoms with E-state index in [9.17, 15) is 39.6 Å². The number of carbonyl (C=O) groups is 1. The molecule has 0 saturated carbocycles. The summed E-state index contributed by atoms with van der Waals surface area (Å²) in [5.74, 6) is -0.0964. The quantitative estimate of drug-likeness (QED) is 0.339. The van der Waals surface area contributed by atoms with E-state index in [0.29, 0.717) is 32.0 Å². The van der Waals surface area contributed by atoms with E-state index in [2.05, 4.69) is 0 Å². The van der Waals surface area contributed by atoms with Gasteiger partial charge in [0.1, 0.15) is 6.29 Å². The van der Waals surface area contributed by atoms with E-state index in [-0.39, 0.29) is 29.0 Å². The van der Waals surface area contributed by atoms with Crippen molar-refractivity contribution in [2.24, 2.45) is 5.92 Å². The molecule has 0 bridgehead atoms. The predicted octanol–water partition coefficient (Wildman–Crippen LogP) is 5.38. The van der Waals surface area contributed by atoms with E-state index in [1.165, 1.54) is 12.1 Å². The number of aldehydes is 1. The lowest BCUT2D eigenvalue weighted by atomic mass is 9.97. The van der Waals surface area contributed by atoms with Crippen molar-refractivity contribution in [2.45, 2.75) is 43.6 Å². The van der Waals surface area contributed by atoms with E-state index >= 15 is 0 Å². The topological polar surface area (TPSA) is 74.7 Å². The minimum absolute atomic E-state index is 0.0666. The number of piperidine rings is 1. The maximum atomic E-state index is 13.1. The average Bonchev–Trinajstić information content (AvgIpc) is 2.73. The van der Waals surface area contributed by atoms with Crippen molar-refractivity contribution in [3.63, 3.8) is 0 Å². The highest BCUT2D eigenvalue weighted by molar-refractivity contribution is 7.85. The Morgan fingerprint density at radius 3 is 1.97 bits per heavy atom. The molecule has 12 heteroatoms. The van der Waals surface area contributed by atoms with Crippen LogP contribution in [0.5, 0.6) is 0 Å². The first-order chi connectivity index (χ1) is 15.6. The second kappa shape index (κ2) is 10.9. The summed E-state index contributed by atoms with van der Waals surface area (Å²) in [6.45, 7) is 2.65. The summed E-state index contributed by atoms with van der Waals surface area (Å²) in [7, 11) is -4.02. The van der Waals surface area contributed by atoms with Crippen LogP contribution in [0.3, 0.4) is 0 Å². The van der Waals surface area contributed by atoms with Crippen LogP contribution in [-0.2, 0) is 33.8 Å². The van der Waals surface area contributed by atoms with Crippen LogP contribution in [0, 0.1) is 12.8 Å². The molecule has 1 aliphatic rings. The van der Waals surface area contributed by atoms with Gasteiger partial charge in [-0.3, -0.25) is 9.45 Å². The van der Waals surface area contributed by atoms with Gasteiger partial charge in [0.2, 0.25) is 0 Å². The molecule has 34 heavy (non-hydrogen) atoms. The van der Waals surface area contributed by atoms with Crippen molar-refractivity contribution in [1.29, 1.82) is 0 Å². The molecule has 0 amide bonds. The third-order valence-corrected chi connectivity index (χ3v) is 6.15. The summed E-state index contributed by atoms with van der Waals surface area (Å²) in [5.41, 5.74) is -1.80. The number of alkyl halides is 6. The number of hydrogen-bond acceptors (Lipinski definition) is 4. The van der Waals surface area contributed by atoms with Crippen LogP contribution >= 0.6 is 0 Å². The molecular weight excluding hydrogens is 488 g/mol. The number of halogens is 6. The van der Waals surface area contributed by atoms with Gasteiger partial charge < -0.3 is 4.79 Å². The normalized spacial score (nSPS) is 16.0. The Hall–Kier alpha value is -2.44. The molecular formula is C22H23F6NO4S. The first kappa shape index (κ1) is 27.8. The third kappa shape index (κ3) is 8.10. The molecule has 0 aliphatic carbocycles. The third-order valence-electron chi connectivity index (χ3n) is 5.28. The van der Waals surface area contributed by atoms with Gasteiger partial charge in [0, 0.05) is 12.5 Å². The zero-order valence-corrected chi connectivity index (χ0v) is 18.8. The summed E-state index contributed by atoms with van der Waals surface area (Å²) >= 11 is 0. The molecule has 0 atom stereocenters. The van der Waals surface area contributed by atoms with Crippen LogP contribution in [-0.4, -0.2) is 37.2 Å². The number of aryl methyl sites for hydroxylation is 1. The van der Waals surface area contributed by atoms with Gasteiger partial charge in [0.25, 0.3) is 10.1 Å². The van der Waals surface area contributed by atoms with Crippen LogP contribution in [0.25, 0.3) is 0 Å². The van der Waals surface area contributed by atoms with Crippen LogP contribution in [0.1, 0.15) is 35.1 Å². The van der Waals surface area contributed by atoms with Crippen LogP contribution < -0.4 is 0 Å². The standard InChI is InChI=1S/C15H15F6NO.C7H8O3S/c16-14(17,18)12-2-1-11(13(7-12)15(19,20)21)8-22-5-3-10(9-23)4-6-22;1-6-2-4-7(5-3-6)11(8,9)10/h1-2,7,9-10H,3-6,8H2;2-5H,1H3,(H,8,9,10). The fraction of sp³-hybridized carbons (Fsp3) is 0.409. The zero-order valence-electron chi connectivity index (χ0n) is 18.0. The molecule has 0 unspecified atom stereocenters. The Morgan fingerprint density at radius 1 is 0.971 bits per heavy atom. The molecule has 1 aliphatic heterocycles. The van der Waals surface area contributed by atoms with E-state index in [1.54, 1.807) is 17.0 Å². The number of benzene rings is 2. The van der Waals surface area contributed by atoms with Crippen molar-refractivity contribution < 1.29 is 44.1 Å². The molecule has 2 aromatic carbocycles. The van der Waals surface area contributed by atoms with Gasteiger partial charge in [-0.2, -0.15) is 34.8 Å². The molecule has 0 radical (unpaired) electrons. The summed E-state index contributed by atoms with van der Waals surface area (Å²) in [4.78, 5) is 12.3. The Morgan fingerprint density at radius 2 is 1.53 bits per heavy atom. The van der Waals surface area contributed by atoms with Crippen molar-refractivity contribution in [2.75, 3.05) is 13.1 Å². The Labute approximate surface area is 193 Å². The summed E-state index contributed by atoms with van der Waals surface area (Å²) in [6.07, 6.45) is -7.74. The van der Waals surface area contributed by atoms with Gasteiger partial charge in [-0.1, -0.05) is 23.8 Å². The number of carbonyl (C=O) groups excluding carboxylic acids is 1. The number of rotatable bonds is 4. The van der Waals surface area contributed by atoms with Crippen LogP contribution in [0.2, 0.25) is 0 Å². The first-order valence-electron chi connectivity index (χ1n) is 10.1. The highest BCUT2D eigenvalue weighted by Crippen LogP contribution is 2.38. The fourth-order valence-electron chi connectivity index (χ4n) is 3.35. The second-order valence-electron chi connectivity index (χ2n) is 7.91. The van der Waals surface area contributed by atoms with Gasteiger partial charge >= 0.3 is 12.4 Å². The van der Waals surface area contributed by atoms with Gasteiger partial charge in [-0.05, 0) is 62.7 Å².